The smallest absolute Gasteiger partial charge is 0.311 e. The molecule has 0 aliphatic carbocycles. The predicted octanol–water partition coefficient (Wildman–Crippen LogP) is 2.86. The highest BCUT2D eigenvalue weighted by atomic mass is 16.5. The van der Waals surface area contributed by atoms with Gasteiger partial charge in [0.25, 0.3) is 0 Å². The number of hydrogen-bond donors (Lipinski definition) is 0. The van der Waals surface area contributed by atoms with Gasteiger partial charge in [0.2, 0.25) is 0 Å². The van der Waals surface area contributed by atoms with Gasteiger partial charge in [0.15, 0.2) is 5.43 Å². The number of esters is 2. The number of ether oxygens (including phenoxy) is 2. The van der Waals surface area contributed by atoms with Crippen molar-refractivity contribution < 1.29 is 23.5 Å². The summed E-state index contributed by atoms with van der Waals surface area (Å²) in [5.41, 5.74) is 1.94. The SMILES string of the molecule is COC(=O)[C@@H]1CN(c2cccc(-c3cc(=O)c4ccccc4o3)c2)C[C@H]1C(=O)OC. The summed E-state index contributed by atoms with van der Waals surface area (Å²) in [7, 11) is 2.61. The van der Waals surface area contributed by atoms with Crippen molar-refractivity contribution in [3.05, 3.63) is 64.8 Å². The molecule has 0 bridgehead atoms. The molecule has 1 saturated heterocycles. The van der Waals surface area contributed by atoms with Gasteiger partial charge in [0.05, 0.1) is 31.4 Å². The molecule has 0 spiro atoms. The lowest BCUT2D eigenvalue weighted by Crippen LogP contribution is -2.30. The van der Waals surface area contributed by atoms with Crippen molar-refractivity contribution in [2.24, 2.45) is 11.8 Å². The zero-order valence-electron chi connectivity index (χ0n) is 16.7. The minimum absolute atomic E-state index is 0.116. The van der Waals surface area contributed by atoms with Gasteiger partial charge in [-0.3, -0.25) is 14.4 Å². The number of carbonyl (C=O) groups is 2. The first kappa shape index (κ1) is 19.7. The molecule has 30 heavy (non-hydrogen) atoms. The molecule has 1 fully saturated rings. The Morgan fingerprint density at radius 1 is 0.933 bits per heavy atom. The number of methoxy groups -OCH3 is 2. The molecule has 0 radical (unpaired) electrons. The van der Waals surface area contributed by atoms with Gasteiger partial charge in [0, 0.05) is 30.4 Å². The highest BCUT2D eigenvalue weighted by Gasteiger charge is 2.43. The monoisotopic (exact) mass is 407 g/mol. The molecule has 154 valence electrons. The minimum Gasteiger partial charge on any atom is -0.469 e. The number of nitrogens with zero attached hydrogens (tertiary/aromatic N) is 1. The summed E-state index contributed by atoms with van der Waals surface area (Å²) >= 11 is 0. The van der Waals surface area contributed by atoms with E-state index in [4.69, 9.17) is 13.9 Å². The second-order valence-electron chi connectivity index (χ2n) is 7.19. The Hall–Kier alpha value is -3.61. The average molecular weight is 407 g/mol. The van der Waals surface area contributed by atoms with Gasteiger partial charge < -0.3 is 18.8 Å². The van der Waals surface area contributed by atoms with Crippen LogP contribution in [0, 0.1) is 11.8 Å². The van der Waals surface area contributed by atoms with Crippen LogP contribution in [0.2, 0.25) is 0 Å². The van der Waals surface area contributed by atoms with E-state index in [0.717, 1.165) is 11.3 Å². The molecule has 1 aromatic heterocycles. The Bertz CT molecular complexity index is 1140. The van der Waals surface area contributed by atoms with Crippen LogP contribution in [-0.4, -0.2) is 39.2 Å². The number of carbonyl (C=O) groups excluding carboxylic acids is 2. The van der Waals surface area contributed by atoms with E-state index in [-0.39, 0.29) is 5.43 Å². The first-order valence-electron chi connectivity index (χ1n) is 9.55. The molecule has 2 atom stereocenters. The maximum atomic E-state index is 12.4. The Morgan fingerprint density at radius 2 is 1.60 bits per heavy atom. The summed E-state index contributed by atoms with van der Waals surface area (Å²) in [4.78, 5) is 38.7. The lowest BCUT2D eigenvalue weighted by Gasteiger charge is -2.19. The largest absolute Gasteiger partial charge is 0.469 e. The molecule has 7 nitrogen and oxygen atoms in total. The Morgan fingerprint density at radius 3 is 2.27 bits per heavy atom. The van der Waals surface area contributed by atoms with Crippen molar-refractivity contribution in [2.45, 2.75) is 0 Å². The average Bonchev–Trinajstić information content (AvgIpc) is 3.23. The van der Waals surface area contributed by atoms with Gasteiger partial charge in [-0.05, 0) is 24.3 Å². The number of rotatable bonds is 4. The fourth-order valence-electron chi connectivity index (χ4n) is 3.90. The fourth-order valence-corrected chi connectivity index (χ4v) is 3.90. The third-order valence-electron chi connectivity index (χ3n) is 5.46. The van der Waals surface area contributed by atoms with Gasteiger partial charge in [-0.2, -0.15) is 0 Å². The topological polar surface area (TPSA) is 86.0 Å². The summed E-state index contributed by atoms with van der Waals surface area (Å²) in [6, 6.07) is 16.0. The normalized spacial score (nSPS) is 18.4. The van der Waals surface area contributed by atoms with E-state index in [2.05, 4.69) is 0 Å². The molecule has 2 heterocycles. The molecular formula is C23H21NO6. The maximum absolute atomic E-state index is 12.4. The molecule has 0 unspecified atom stereocenters. The zero-order valence-corrected chi connectivity index (χ0v) is 16.7. The zero-order chi connectivity index (χ0) is 21.3. The lowest BCUT2D eigenvalue weighted by atomic mass is 9.96. The molecule has 0 amide bonds. The van der Waals surface area contributed by atoms with E-state index >= 15 is 0 Å². The van der Waals surface area contributed by atoms with E-state index in [1.165, 1.54) is 20.3 Å². The first-order chi connectivity index (χ1) is 14.5. The minimum atomic E-state index is -0.607. The van der Waals surface area contributed by atoms with Gasteiger partial charge in [-0.15, -0.1) is 0 Å². The summed E-state index contributed by atoms with van der Waals surface area (Å²) in [6.45, 7) is 0.662. The van der Waals surface area contributed by atoms with E-state index in [9.17, 15) is 14.4 Å². The van der Waals surface area contributed by atoms with Gasteiger partial charge in [-0.25, -0.2) is 0 Å². The predicted molar refractivity (Wildman–Crippen MR) is 111 cm³/mol. The van der Waals surface area contributed by atoms with Gasteiger partial charge in [-0.1, -0.05) is 24.3 Å². The lowest BCUT2D eigenvalue weighted by molar-refractivity contribution is -0.155. The van der Waals surface area contributed by atoms with Gasteiger partial charge >= 0.3 is 11.9 Å². The highest BCUT2D eigenvalue weighted by molar-refractivity contribution is 5.85. The van der Waals surface area contributed by atoms with Crippen molar-refractivity contribution in [2.75, 3.05) is 32.2 Å². The summed E-state index contributed by atoms with van der Waals surface area (Å²) in [6.07, 6.45) is 0. The van der Waals surface area contributed by atoms with Crippen LogP contribution in [0.25, 0.3) is 22.3 Å². The molecule has 1 aliphatic heterocycles. The third-order valence-corrected chi connectivity index (χ3v) is 5.46. The Labute approximate surface area is 172 Å². The number of para-hydroxylation sites is 1. The molecule has 2 aromatic carbocycles. The number of anilines is 1. The second kappa shape index (κ2) is 8.02. The quantitative estimate of drug-likeness (QED) is 0.615. The number of fused-ring (bicyclic) bond motifs is 1. The van der Waals surface area contributed by atoms with Crippen LogP contribution in [0.3, 0.4) is 0 Å². The molecule has 3 aromatic rings. The van der Waals surface area contributed by atoms with Crippen LogP contribution < -0.4 is 10.3 Å². The summed E-state index contributed by atoms with van der Waals surface area (Å²) in [5, 5.41) is 0.527. The van der Waals surface area contributed by atoms with E-state index in [1.807, 2.05) is 35.2 Å². The summed E-state index contributed by atoms with van der Waals surface area (Å²) in [5.74, 6) is -1.64. The molecular weight excluding hydrogens is 386 g/mol. The van der Waals surface area contributed by atoms with Crippen LogP contribution in [0.4, 0.5) is 5.69 Å². The van der Waals surface area contributed by atoms with Crippen LogP contribution >= 0.6 is 0 Å². The molecule has 4 rings (SSSR count). The molecule has 1 aliphatic rings. The Balaban J connectivity index is 1.68. The summed E-state index contributed by atoms with van der Waals surface area (Å²) < 4.78 is 15.7. The van der Waals surface area contributed by atoms with Crippen molar-refractivity contribution in [1.82, 2.24) is 0 Å². The van der Waals surface area contributed by atoms with Crippen molar-refractivity contribution >= 4 is 28.6 Å². The third kappa shape index (κ3) is 3.54. The van der Waals surface area contributed by atoms with E-state index in [0.29, 0.717) is 29.8 Å². The van der Waals surface area contributed by atoms with Crippen LogP contribution in [0.5, 0.6) is 0 Å². The highest BCUT2D eigenvalue weighted by Crippen LogP contribution is 2.32. The molecule has 7 heteroatoms. The fraction of sp³-hybridized carbons (Fsp3) is 0.261. The van der Waals surface area contributed by atoms with Crippen LogP contribution in [0.15, 0.2) is 63.8 Å². The van der Waals surface area contributed by atoms with Crippen molar-refractivity contribution in [3.8, 4) is 11.3 Å². The van der Waals surface area contributed by atoms with Crippen molar-refractivity contribution in [1.29, 1.82) is 0 Å². The number of benzene rings is 2. The van der Waals surface area contributed by atoms with Crippen LogP contribution in [-0.2, 0) is 19.1 Å². The van der Waals surface area contributed by atoms with Crippen molar-refractivity contribution in [3.63, 3.8) is 0 Å². The maximum Gasteiger partial charge on any atom is 0.311 e. The standard InChI is InChI=1S/C23H21NO6/c1-28-22(26)17-12-24(13-18(17)23(27)29-2)15-7-5-6-14(10-15)21-11-19(25)16-8-3-4-9-20(16)30-21/h3-11,17-18H,12-13H2,1-2H3/t17-,18-/m1/s1. The second-order valence-corrected chi connectivity index (χ2v) is 7.19. The molecule has 0 saturated carbocycles. The number of hydrogen-bond acceptors (Lipinski definition) is 7. The first-order valence-corrected chi connectivity index (χ1v) is 9.55. The van der Waals surface area contributed by atoms with E-state index < -0.39 is 23.8 Å². The van der Waals surface area contributed by atoms with Crippen LogP contribution in [0.1, 0.15) is 0 Å². The molecule has 0 N–H and O–H groups in total. The van der Waals surface area contributed by atoms with Gasteiger partial charge in [0.1, 0.15) is 11.3 Å². The van der Waals surface area contributed by atoms with E-state index in [1.54, 1.807) is 18.2 Å². The Kier molecular flexibility index (Phi) is 5.27.